The molecule has 0 aliphatic heterocycles. The van der Waals surface area contributed by atoms with Crippen molar-refractivity contribution in [1.82, 2.24) is 14.9 Å². The van der Waals surface area contributed by atoms with Crippen molar-refractivity contribution in [3.63, 3.8) is 0 Å². The van der Waals surface area contributed by atoms with Crippen molar-refractivity contribution in [2.75, 3.05) is 5.75 Å². The molecule has 0 bridgehead atoms. The number of nitrogens with zero attached hydrogens (tertiary/aromatic N) is 2. The molecule has 0 fully saturated rings. The van der Waals surface area contributed by atoms with Crippen LogP contribution in [-0.2, 0) is 17.8 Å². The van der Waals surface area contributed by atoms with E-state index < -0.39 is 0 Å². The van der Waals surface area contributed by atoms with Gasteiger partial charge in [-0.3, -0.25) is 14.2 Å². The molecule has 0 saturated carbocycles. The maximum atomic E-state index is 13.1. The van der Waals surface area contributed by atoms with Crippen LogP contribution in [-0.4, -0.2) is 27.3 Å². The van der Waals surface area contributed by atoms with Gasteiger partial charge in [-0.1, -0.05) is 61.2 Å². The predicted octanol–water partition coefficient (Wildman–Crippen LogP) is 4.04. The second-order valence-electron chi connectivity index (χ2n) is 7.12. The van der Waals surface area contributed by atoms with Gasteiger partial charge in [-0.15, -0.1) is 0 Å². The van der Waals surface area contributed by atoms with Crippen LogP contribution in [0.4, 0.5) is 0 Å². The molecule has 1 N–H and O–H groups in total. The SMILES string of the molecule is CC[C@H](C)NC(=O)CSc1nc2ccccc2c(=O)n1CCCc1ccccc1. The smallest absolute Gasteiger partial charge is 0.262 e. The normalized spacial score (nSPS) is 12.1. The quantitative estimate of drug-likeness (QED) is 0.428. The molecule has 1 amide bonds. The van der Waals surface area contributed by atoms with Crippen molar-refractivity contribution in [2.45, 2.75) is 50.9 Å². The second-order valence-corrected chi connectivity index (χ2v) is 8.07. The maximum absolute atomic E-state index is 13.1. The van der Waals surface area contributed by atoms with E-state index >= 15 is 0 Å². The third kappa shape index (κ3) is 5.70. The Labute approximate surface area is 175 Å². The van der Waals surface area contributed by atoms with Gasteiger partial charge in [0.05, 0.1) is 16.7 Å². The van der Waals surface area contributed by atoms with Gasteiger partial charge in [0, 0.05) is 12.6 Å². The first-order valence-electron chi connectivity index (χ1n) is 10.0. The lowest BCUT2D eigenvalue weighted by Crippen LogP contribution is -2.33. The van der Waals surface area contributed by atoms with Crippen molar-refractivity contribution >= 4 is 28.6 Å². The number of rotatable bonds is 9. The highest BCUT2D eigenvalue weighted by Gasteiger charge is 2.14. The third-order valence-electron chi connectivity index (χ3n) is 4.87. The molecule has 0 spiro atoms. The molecule has 29 heavy (non-hydrogen) atoms. The van der Waals surface area contributed by atoms with E-state index in [1.165, 1.54) is 17.3 Å². The molecule has 0 unspecified atom stereocenters. The molecule has 3 rings (SSSR count). The summed E-state index contributed by atoms with van der Waals surface area (Å²) in [5.74, 6) is 0.205. The summed E-state index contributed by atoms with van der Waals surface area (Å²) in [5, 5.41) is 4.17. The minimum absolute atomic E-state index is 0.0393. The number of amides is 1. The Hall–Kier alpha value is -2.60. The Balaban J connectivity index is 1.79. The molecule has 2 aromatic carbocycles. The standard InChI is InChI=1S/C23H27N3O2S/c1-3-17(2)24-21(27)16-29-23-25-20-14-8-7-13-19(20)22(28)26(23)15-9-12-18-10-5-4-6-11-18/h4-8,10-11,13-14,17H,3,9,12,15-16H2,1-2H3,(H,24,27)/t17-/m0/s1. The number of aromatic nitrogens is 2. The van der Waals surface area contributed by atoms with Crippen molar-refractivity contribution in [3.05, 3.63) is 70.5 Å². The highest BCUT2D eigenvalue weighted by Crippen LogP contribution is 2.18. The Kier molecular flexibility index (Phi) is 7.47. The van der Waals surface area contributed by atoms with E-state index in [9.17, 15) is 9.59 Å². The molecule has 6 heteroatoms. The van der Waals surface area contributed by atoms with E-state index in [2.05, 4.69) is 22.4 Å². The highest BCUT2D eigenvalue weighted by molar-refractivity contribution is 7.99. The predicted molar refractivity (Wildman–Crippen MR) is 119 cm³/mol. The summed E-state index contributed by atoms with van der Waals surface area (Å²) in [6, 6.07) is 17.8. The van der Waals surface area contributed by atoms with Gasteiger partial charge in [-0.05, 0) is 43.9 Å². The van der Waals surface area contributed by atoms with Crippen LogP contribution in [0.2, 0.25) is 0 Å². The Bertz CT molecular complexity index is 1020. The summed E-state index contributed by atoms with van der Waals surface area (Å²) in [6.45, 7) is 4.59. The van der Waals surface area contributed by atoms with Crippen LogP contribution in [0, 0.1) is 0 Å². The highest BCUT2D eigenvalue weighted by atomic mass is 32.2. The fraction of sp³-hybridized carbons (Fsp3) is 0.348. The first-order chi connectivity index (χ1) is 14.1. The third-order valence-corrected chi connectivity index (χ3v) is 5.85. The van der Waals surface area contributed by atoms with Gasteiger partial charge in [0.15, 0.2) is 5.16 Å². The monoisotopic (exact) mass is 409 g/mol. The lowest BCUT2D eigenvalue weighted by atomic mass is 10.1. The molecule has 0 radical (unpaired) electrons. The zero-order valence-corrected chi connectivity index (χ0v) is 17.7. The topological polar surface area (TPSA) is 64.0 Å². The van der Waals surface area contributed by atoms with Gasteiger partial charge in [-0.25, -0.2) is 4.98 Å². The molecular formula is C23H27N3O2S. The number of thioether (sulfide) groups is 1. The molecular weight excluding hydrogens is 382 g/mol. The Morgan fingerprint density at radius 1 is 1.14 bits per heavy atom. The number of carbonyl (C=O) groups excluding carboxylic acids is 1. The van der Waals surface area contributed by atoms with Crippen LogP contribution >= 0.6 is 11.8 Å². The molecule has 1 atom stereocenters. The van der Waals surface area contributed by atoms with Crippen LogP contribution in [0.5, 0.6) is 0 Å². The summed E-state index contributed by atoms with van der Waals surface area (Å²) in [7, 11) is 0. The van der Waals surface area contributed by atoms with Crippen molar-refractivity contribution < 1.29 is 4.79 Å². The largest absolute Gasteiger partial charge is 0.353 e. The van der Waals surface area contributed by atoms with Gasteiger partial charge < -0.3 is 5.32 Å². The van der Waals surface area contributed by atoms with E-state index in [-0.39, 0.29) is 23.3 Å². The summed E-state index contributed by atoms with van der Waals surface area (Å²) in [5.41, 5.74) is 1.87. The summed E-state index contributed by atoms with van der Waals surface area (Å²) in [6.07, 6.45) is 2.60. The lowest BCUT2D eigenvalue weighted by Gasteiger charge is -2.14. The molecule has 0 aliphatic carbocycles. The zero-order chi connectivity index (χ0) is 20.6. The number of aryl methyl sites for hydroxylation is 1. The summed E-state index contributed by atoms with van der Waals surface area (Å²) < 4.78 is 1.71. The number of carbonyl (C=O) groups is 1. The van der Waals surface area contributed by atoms with E-state index in [4.69, 9.17) is 0 Å². The van der Waals surface area contributed by atoms with Crippen molar-refractivity contribution in [3.8, 4) is 0 Å². The first kappa shape index (κ1) is 21.1. The Morgan fingerprint density at radius 2 is 1.86 bits per heavy atom. The van der Waals surface area contributed by atoms with Gasteiger partial charge >= 0.3 is 0 Å². The number of benzene rings is 2. The van der Waals surface area contributed by atoms with Crippen LogP contribution in [0.25, 0.3) is 10.9 Å². The van der Waals surface area contributed by atoms with Crippen molar-refractivity contribution in [2.24, 2.45) is 0 Å². The average molecular weight is 410 g/mol. The number of fused-ring (bicyclic) bond motifs is 1. The summed E-state index contributed by atoms with van der Waals surface area (Å²) >= 11 is 1.32. The van der Waals surface area contributed by atoms with E-state index in [1.54, 1.807) is 4.57 Å². The first-order valence-corrected chi connectivity index (χ1v) is 11.0. The van der Waals surface area contributed by atoms with Gasteiger partial charge in [0.2, 0.25) is 5.91 Å². The van der Waals surface area contributed by atoms with E-state index in [0.29, 0.717) is 22.6 Å². The number of para-hydroxylation sites is 1. The van der Waals surface area contributed by atoms with Crippen LogP contribution in [0.15, 0.2) is 64.5 Å². The second kappa shape index (κ2) is 10.3. The minimum Gasteiger partial charge on any atom is -0.353 e. The molecule has 152 valence electrons. The fourth-order valence-corrected chi connectivity index (χ4v) is 3.93. The number of hydrogen-bond acceptors (Lipinski definition) is 4. The lowest BCUT2D eigenvalue weighted by molar-refractivity contribution is -0.119. The maximum Gasteiger partial charge on any atom is 0.262 e. The molecule has 5 nitrogen and oxygen atoms in total. The van der Waals surface area contributed by atoms with E-state index in [0.717, 1.165) is 19.3 Å². The number of nitrogens with one attached hydrogen (secondary N) is 1. The number of hydrogen-bond donors (Lipinski definition) is 1. The van der Waals surface area contributed by atoms with Crippen molar-refractivity contribution in [1.29, 1.82) is 0 Å². The molecule has 0 saturated heterocycles. The molecule has 1 aromatic heterocycles. The zero-order valence-electron chi connectivity index (χ0n) is 16.9. The van der Waals surface area contributed by atoms with Crippen LogP contribution in [0.3, 0.4) is 0 Å². The van der Waals surface area contributed by atoms with Gasteiger partial charge in [0.25, 0.3) is 5.56 Å². The van der Waals surface area contributed by atoms with Crippen LogP contribution in [0.1, 0.15) is 32.3 Å². The molecule has 0 aliphatic rings. The average Bonchev–Trinajstić information content (AvgIpc) is 2.74. The van der Waals surface area contributed by atoms with E-state index in [1.807, 2.05) is 56.3 Å². The fourth-order valence-electron chi connectivity index (χ4n) is 3.09. The van der Waals surface area contributed by atoms with Gasteiger partial charge in [0.1, 0.15) is 0 Å². The van der Waals surface area contributed by atoms with Gasteiger partial charge in [-0.2, -0.15) is 0 Å². The van der Waals surface area contributed by atoms with Crippen LogP contribution < -0.4 is 10.9 Å². The molecule has 1 heterocycles. The molecule has 3 aromatic rings. The summed E-state index contributed by atoms with van der Waals surface area (Å²) in [4.78, 5) is 29.9. The Morgan fingerprint density at radius 3 is 2.62 bits per heavy atom. The minimum atomic E-state index is -0.0477.